The SMILES string of the molecule is CCCC(NCc1ccn(C)c1)c1cccs1. The third-order valence-corrected chi connectivity index (χ3v) is 3.90. The van der Waals surface area contributed by atoms with Gasteiger partial charge < -0.3 is 9.88 Å². The van der Waals surface area contributed by atoms with Crippen LogP contribution in [0.3, 0.4) is 0 Å². The van der Waals surface area contributed by atoms with Crippen molar-refractivity contribution in [3.8, 4) is 0 Å². The predicted octanol–water partition coefficient (Wildman–Crippen LogP) is 3.72. The maximum Gasteiger partial charge on any atom is 0.0417 e. The zero-order valence-electron chi connectivity index (χ0n) is 10.5. The van der Waals surface area contributed by atoms with Gasteiger partial charge in [-0.05, 0) is 29.5 Å². The van der Waals surface area contributed by atoms with Gasteiger partial charge in [0.25, 0.3) is 0 Å². The third kappa shape index (κ3) is 3.45. The van der Waals surface area contributed by atoms with Crippen LogP contribution in [0.5, 0.6) is 0 Å². The Kier molecular flexibility index (Phi) is 4.40. The summed E-state index contributed by atoms with van der Waals surface area (Å²) in [5.74, 6) is 0. The summed E-state index contributed by atoms with van der Waals surface area (Å²) in [6.07, 6.45) is 6.68. The molecule has 3 heteroatoms. The van der Waals surface area contributed by atoms with E-state index in [0.717, 1.165) is 6.54 Å². The van der Waals surface area contributed by atoms with Crippen molar-refractivity contribution < 1.29 is 0 Å². The number of rotatable bonds is 6. The number of nitrogens with one attached hydrogen (secondary N) is 1. The Morgan fingerprint density at radius 1 is 1.41 bits per heavy atom. The largest absolute Gasteiger partial charge is 0.357 e. The molecule has 2 heterocycles. The Labute approximate surface area is 107 Å². The molecule has 2 aromatic heterocycles. The fourth-order valence-electron chi connectivity index (χ4n) is 2.03. The quantitative estimate of drug-likeness (QED) is 0.824. The van der Waals surface area contributed by atoms with Crippen molar-refractivity contribution in [1.82, 2.24) is 9.88 Å². The molecule has 17 heavy (non-hydrogen) atoms. The fraction of sp³-hybridized carbons (Fsp3) is 0.429. The number of aromatic nitrogens is 1. The van der Waals surface area contributed by atoms with Crippen LogP contribution in [0, 0.1) is 0 Å². The van der Waals surface area contributed by atoms with Crippen LogP contribution in [0.2, 0.25) is 0 Å². The zero-order chi connectivity index (χ0) is 12.1. The smallest absolute Gasteiger partial charge is 0.0417 e. The molecule has 0 bridgehead atoms. The average Bonchev–Trinajstić information content (AvgIpc) is 2.95. The summed E-state index contributed by atoms with van der Waals surface area (Å²) >= 11 is 1.84. The third-order valence-electron chi connectivity index (χ3n) is 2.91. The summed E-state index contributed by atoms with van der Waals surface area (Å²) < 4.78 is 2.09. The predicted molar refractivity (Wildman–Crippen MR) is 74.2 cm³/mol. The molecule has 2 nitrogen and oxygen atoms in total. The molecule has 0 aliphatic rings. The molecular formula is C14H20N2S. The average molecular weight is 248 g/mol. The summed E-state index contributed by atoms with van der Waals surface area (Å²) in [5, 5.41) is 5.80. The number of nitrogens with zero attached hydrogens (tertiary/aromatic N) is 1. The highest BCUT2D eigenvalue weighted by Crippen LogP contribution is 2.23. The minimum absolute atomic E-state index is 0.500. The van der Waals surface area contributed by atoms with Gasteiger partial charge in [-0.25, -0.2) is 0 Å². The Morgan fingerprint density at radius 2 is 2.29 bits per heavy atom. The Morgan fingerprint density at radius 3 is 2.88 bits per heavy atom. The van der Waals surface area contributed by atoms with Crippen molar-refractivity contribution in [1.29, 1.82) is 0 Å². The molecule has 0 aromatic carbocycles. The summed E-state index contributed by atoms with van der Waals surface area (Å²) in [6, 6.07) is 7.03. The first-order chi connectivity index (χ1) is 8.29. The maximum absolute atomic E-state index is 3.65. The maximum atomic E-state index is 3.65. The van der Waals surface area contributed by atoms with Gasteiger partial charge >= 0.3 is 0 Å². The van der Waals surface area contributed by atoms with Gasteiger partial charge in [0.05, 0.1) is 0 Å². The van der Waals surface area contributed by atoms with Crippen molar-refractivity contribution in [3.63, 3.8) is 0 Å². The van der Waals surface area contributed by atoms with E-state index in [1.54, 1.807) is 0 Å². The van der Waals surface area contributed by atoms with Gasteiger partial charge in [0, 0.05) is 36.9 Å². The Bertz CT molecular complexity index is 431. The summed E-state index contributed by atoms with van der Waals surface area (Å²) in [7, 11) is 2.06. The van der Waals surface area contributed by atoms with Gasteiger partial charge in [-0.3, -0.25) is 0 Å². The van der Waals surface area contributed by atoms with Gasteiger partial charge in [0.1, 0.15) is 0 Å². The highest BCUT2D eigenvalue weighted by atomic mass is 32.1. The van der Waals surface area contributed by atoms with E-state index in [1.807, 2.05) is 11.3 Å². The number of aryl methyl sites for hydroxylation is 1. The number of hydrogen-bond donors (Lipinski definition) is 1. The molecule has 1 N–H and O–H groups in total. The van der Waals surface area contributed by atoms with Gasteiger partial charge in [-0.2, -0.15) is 0 Å². The normalized spacial score (nSPS) is 12.8. The molecule has 1 atom stereocenters. The standard InChI is InChI=1S/C14H20N2S/c1-3-5-13(14-6-4-9-17-14)15-10-12-7-8-16(2)11-12/h4,6-9,11,13,15H,3,5,10H2,1-2H3. The summed E-state index contributed by atoms with van der Waals surface area (Å²) in [5.41, 5.74) is 1.35. The van der Waals surface area contributed by atoms with Gasteiger partial charge in [0.2, 0.25) is 0 Å². The Balaban J connectivity index is 1.94. The fourth-order valence-corrected chi connectivity index (χ4v) is 2.87. The molecule has 0 saturated heterocycles. The molecule has 0 aliphatic heterocycles. The van der Waals surface area contributed by atoms with Crippen LogP contribution in [0.15, 0.2) is 36.0 Å². The first kappa shape index (κ1) is 12.4. The Hall–Kier alpha value is -1.06. The van der Waals surface area contributed by atoms with Crippen molar-refractivity contribution in [2.45, 2.75) is 32.4 Å². The monoisotopic (exact) mass is 248 g/mol. The van der Waals surface area contributed by atoms with Crippen LogP contribution >= 0.6 is 11.3 Å². The highest BCUT2D eigenvalue weighted by Gasteiger charge is 2.10. The lowest BCUT2D eigenvalue weighted by Gasteiger charge is -2.16. The molecule has 1 unspecified atom stereocenters. The van der Waals surface area contributed by atoms with Crippen molar-refractivity contribution in [2.75, 3.05) is 0 Å². The van der Waals surface area contributed by atoms with Crippen LogP contribution in [0.1, 0.15) is 36.2 Å². The lowest BCUT2D eigenvalue weighted by molar-refractivity contribution is 0.500. The van der Waals surface area contributed by atoms with Crippen LogP contribution in [-0.4, -0.2) is 4.57 Å². The van der Waals surface area contributed by atoms with E-state index in [-0.39, 0.29) is 0 Å². The first-order valence-electron chi connectivity index (χ1n) is 6.17. The molecule has 0 saturated carbocycles. The topological polar surface area (TPSA) is 17.0 Å². The van der Waals surface area contributed by atoms with E-state index < -0.39 is 0 Å². The molecule has 0 fully saturated rings. The van der Waals surface area contributed by atoms with E-state index in [2.05, 4.69) is 59.8 Å². The lowest BCUT2D eigenvalue weighted by atomic mass is 10.1. The van der Waals surface area contributed by atoms with Gasteiger partial charge in [-0.15, -0.1) is 11.3 Å². The van der Waals surface area contributed by atoms with Gasteiger partial charge in [-0.1, -0.05) is 19.4 Å². The molecule has 0 radical (unpaired) electrons. The molecule has 0 spiro atoms. The number of hydrogen-bond acceptors (Lipinski definition) is 2. The van der Waals surface area contributed by atoms with E-state index >= 15 is 0 Å². The van der Waals surface area contributed by atoms with Crippen molar-refractivity contribution in [3.05, 3.63) is 46.4 Å². The molecule has 2 aromatic rings. The van der Waals surface area contributed by atoms with E-state index in [1.165, 1.54) is 23.3 Å². The lowest BCUT2D eigenvalue weighted by Crippen LogP contribution is -2.19. The zero-order valence-corrected chi connectivity index (χ0v) is 11.3. The second-order valence-corrected chi connectivity index (χ2v) is 5.40. The summed E-state index contributed by atoms with van der Waals surface area (Å²) in [4.78, 5) is 1.45. The van der Waals surface area contributed by atoms with Gasteiger partial charge in [0.15, 0.2) is 0 Å². The minimum atomic E-state index is 0.500. The van der Waals surface area contributed by atoms with E-state index in [0.29, 0.717) is 6.04 Å². The van der Waals surface area contributed by atoms with Crippen LogP contribution in [0.4, 0.5) is 0 Å². The minimum Gasteiger partial charge on any atom is -0.357 e. The molecular weight excluding hydrogens is 228 g/mol. The van der Waals surface area contributed by atoms with Crippen molar-refractivity contribution in [2.24, 2.45) is 7.05 Å². The van der Waals surface area contributed by atoms with Crippen LogP contribution < -0.4 is 5.32 Å². The van der Waals surface area contributed by atoms with E-state index in [9.17, 15) is 0 Å². The van der Waals surface area contributed by atoms with Crippen LogP contribution in [0.25, 0.3) is 0 Å². The summed E-state index contributed by atoms with van der Waals surface area (Å²) in [6.45, 7) is 3.19. The number of thiophene rings is 1. The molecule has 2 rings (SSSR count). The molecule has 92 valence electrons. The van der Waals surface area contributed by atoms with Crippen molar-refractivity contribution >= 4 is 11.3 Å². The highest BCUT2D eigenvalue weighted by molar-refractivity contribution is 7.10. The van der Waals surface area contributed by atoms with E-state index in [4.69, 9.17) is 0 Å². The van der Waals surface area contributed by atoms with Crippen LogP contribution in [-0.2, 0) is 13.6 Å². The molecule has 0 amide bonds. The molecule has 0 aliphatic carbocycles. The second-order valence-electron chi connectivity index (χ2n) is 4.42. The second kappa shape index (κ2) is 6.03. The first-order valence-corrected chi connectivity index (χ1v) is 7.05.